The van der Waals surface area contributed by atoms with Gasteiger partial charge in [0.15, 0.2) is 0 Å². The molecule has 1 aliphatic heterocycles. The average Bonchev–Trinajstić information content (AvgIpc) is 2.97. The molecule has 0 atom stereocenters. The van der Waals surface area contributed by atoms with E-state index in [1.165, 1.54) is 18.0 Å². The third-order valence-electron chi connectivity index (χ3n) is 4.80. The highest BCUT2D eigenvalue weighted by atomic mass is 16.3. The van der Waals surface area contributed by atoms with Gasteiger partial charge < -0.3 is 10.2 Å². The smallest absolute Gasteiger partial charge is 0.280 e. The lowest BCUT2D eigenvalue weighted by Gasteiger charge is -2.14. The van der Waals surface area contributed by atoms with Crippen LogP contribution in [0.15, 0.2) is 39.7 Å². The number of aliphatic hydroxyl groups excluding tert-OH is 1. The number of carbonyl (C=O) groups excluding carboxylic acids is 1. The maximum absolute atomic E-state index is 12.9. The number of aromatic nitrogens is 1. The molecule has 1 aromatic heterocycles. The topological polar surface area (TPSA) is 119 Å². The molecule has 2 heterocycles. The highest BCUT2D eigenvalue weighted by Gasteiger charge is 2.30. The van der Waals surface area contributed by atoms with E-state index in [1.54, 1.807) is 19.1 Å². The molecule has 1 amide bonds. The minimum absolute atomic E-state index is 0.154. The standard InChI is InChI=1S/C21H20N4O4/c1-12-4-6-15(7-5-12)25-21(29)17(14(3)23-25)10-16-13(2)18(11-22)20(28)24(8-9-26)19(16)27/h4-7,10,26-27H,8-9H2,1-3H3/b17-10+. The molecule has 0 aliphatic carbocycles. The minimum atomic E-state index is -0.692. The number of rotatable bonds is 4. The van der Waals surface area contributed by atoms with Crippen LogP contribution in [0.4, 0.5) is 5.69 Å². The average molecular weight is 392 g/mol. The van der Waals surface area contributed by atoms with Crippen molar-refractivity contribution in [3.8, 4) is 11.9 Å². The van der Waals surface area contributed by atoms with Gasteiger partial charge in [-0.25, -0.2) is 0 Å². The Labute approximate surface area is 167 Å². The number of carbonyl (C=O) groups is 1. The summed E-state index contributed by atoms with van der Waals surface area (Å²) in [6.45, 7) is 4.57. The molecule has 3 rings (SSSR count). The molecule has 0 unspecified atom stereocenters. The van der Waals surface area contributed by atoms with E-state index < -0.39 is 18.0 Å². The summed E-state index contributed by atoms with van der Waals surface area (Å²) >= 11 is 0. The number of pyridine rings is 1. The predicted octanol–water partition coefficient (Wildman–Crippen LogP) is 1.84. The molecule has 8 heteroatoms. The van der Waals surface area contributed by atoms with Crippen molar-refractivity contribution in [2.45, 2.75) is 27.3 Å². The molecule has 1 aromatic carbocycles. The first-order chi connectivity index (χ1) is 13.8. The summed E-state index contributed by atoms with van der Waals surface area (Å²) < 4.78 is 0.918. The third-order valence-corrected chi connectivity index (χ3v) is 4.80. The van der Waals surface area contributed by atoms with Crippen molar-refractivity contribution in [2.75, 3.05) is 11.6 Å². The van der Waals surface area contributed by atoms with Gasteiger partial charge in [-0.05, 0) is 44.5 Å². The van der Waals surface area contributed by atoms with Gasteiger partial charge in [0.2, 0.25) is 5.88 Å². The van der Waals surface area contributed by atoms with Crippen LogP contribution in [0.3, 0.4) is 0 Å². The molecule has 148 valence electrons. The van der Waals surface area contributed by atoms with Crippen molar-refractivity contribution in [3.05, 3.63) is 62.4 Å². The molecular formula is C21H20N4O4. The van der Waals surface area contributed by atoms with Crippen LogP contribution in [0.2, 0.25) is 0 Å². The molecule has 29 heavy (non-hydrogen) atoms. The number of hydrogen-bond donors (Lipinski definition) is 2. The number of aromatic hydroxyl groups is 1. The van der Waals surface area contributed by atoms with Crippen molar-refractivity contribution in [2.24, 2.45) is 5.10 Å². The monoisotopic (exact) mass is 392 g/mol. The zero-order valence-corrected chi connectivity index (χ0v) is 16.3. The van der Waals surface area contributed by atoms with Crippen LogP contribution in [-0.4, -0.2) is 33.0 Å². The maximum atomic E-state index is 12.9. The first-order valence-electron chi connectivity index (χ1n) is 8.95. The molecule has 8 nitrogen and oxygen atoms in total. The normalized spacial score (nSPS) is 15.0. The molecule has 0 radical (unpaired) electrons. The first-order valence-corrected chi connectivity index (χ1v) is 8.95. The van der Waals surface area contributed by atoms with Gasteiger partial charge in [-0.3, -0.25) is 14.2 Å². The van der Waals surface area contributed by atoms with Crippen molar-refractivity contribution in [3.63, 3.8) is 0 Å². The molecule has 0 bridgehead atoms. The zero-order valence-electron chi connectivity index (χ0n) is 16.3. The van der Waals surface area contributed by atoms with Crippen molar-refractivity contribution in [1.29, 1.82) is 5.26 Å². The number of nitriles is 1. The summed E-state index contributed by atoms with van der Waals surface area (Å²) in [7, 11) is 0. The van der Waals surface area contributed by atoms with E-state index >= 15 is 0 Å². The van der Waals surface area contributed by atoms with Gasteiger partial charge in [-0.1, -0.05) is 17.7 Å². The Balaban J connectivity index is 2.13. The largest absolute Gasteiger partial charge is 0.494 e. The van der Waals surface area contributed by atoms with E-state index in [9.17, 15) is 25.1 Å². The van der Waals surface area contributed by atoms with Crippen molar-refractivity contribution < 1.29 is 15.0 Å². The number of benzene rings is 1. The Kier molecular flexibility index (Phi) is 5.35. The van der Waals surface area contributed by atoms with Crippen LogP contribution in [0.25, 0.3) is 6.08 Å². The number of nitrogens with zero attached hydrogens (tertiary/aromatic N) is 4. The fraction of sp³-hybridized carbons (Fsp3) is 0.238. The van der Waals surface area contributed by atoms with Crippen molar-refractivity contribution >= 4 is 23.4 Å². The van der Waals surface area contributed by atoms with E-state index in [-0.39, 0.29) is 34.7 Å². The van der Waals surface area contributed by atoms with Gasteiger partial charge in [0.25, 0.3) is 11.5 Å². The number of aliphatic hydroxyl groups is 1. The van der Waals surface area contributed by atoms with E-state index in [0.29, 0.717) is 11.4 Å². The fourth-order valence-electron chi connectivity index (χ4n) is 3.14. The summed E-state index contributed by atoms with van der Waals surface area (Å²) in [6.07, 6.45) is 1.42. The number of anilines is 1. The summed E-state index contributed by atoms with van der Waals surface area (Å²) in [5.41, 5.74) is 1.90. The maximum Gasteiger partial charge on any atom is 0.280 e. The van der Waals surface area contributed by atoms with E-state index in [0.717, 1.165) is 10.1 Å². The summed E-state index contributed by atoms with van der Waals surface area (Å²) in [4.78, 5) is 25.3. The molecule has 0 spiro atoms. The Bertz CT molecular complexity index is 1150. The Morgan fingerprint density at radius 1 is 1.17 bits per heavy atom. The number of hydrogen-bond acceptors (Lipinski definition) is 6. The minimum Gasteiger partial charge on any atom is -0.494 e. The van der Waals surface area contributed by atoms with Gasteiger partial charge in [0, 0.05) is 5.56 Å². The lowest BCUT2D eigenvalue weighted by molar-refractivity contribution is -0.114. The summed E-state index contributed by atoms with van der Waals surface area (Å²) in [5, 5.41) is 34.7. The Morgan fingerprint density at radius 2 is 1.83 bits per heavy atom. The first kappa shape index (κ1) is 20.0. The number of amides is 1. The Morgan fingerprint density at radius 3 is 2.41 bits per heavy atom. The second-order valence-electron chi connectivity index (χ2n) is 6.73. The Hall–Kier alpha value is -3.70. The van der Waals surface area contributed by atoms with E-state index in [1.807, 2.05) is 25.1 Å². The lowest BCUT2D eigenvalue weighted by atomic mass is 10.0. The van der Waals surface area contributed by atoms with Crippen LogP contribution in [0, 0.1) is 25.2 Å². The second-order valence-corrected chi connectivity index (χ2v) is 6.73. The van der Waals surface area contributed by atoms with Gasteiger partial charge in [-0.2, -0.15) is 15.4 Å². The molecule has 0 saturated carbocycles. The molecule has 2 aromatic rings. The quantitative estimate of drug-likeness (QED) is 0.770. The van der Waals surface area contributed by atoms with Gasteiger partial charge in [-0.15, -0.1) is 0 Å². The number of aryl methyl sites for hydroxylation is 1. The van der Waals surface area contributed by atoms with E-state index in [4.69, 9.17) is 0 Å². The molecule has 0 fully saturated rings. The van der Waals surface area contributed by atoms with Gasteiger partial charge in [0.1, 0.15) is 11.6 Å². The predicted molar refractivity (Wildman–Crippen MR) is 109 cm³/mol. The van der Waals surface area contributed by atoms with Crippen LogP contribution >= 0.6 is 0 Å². The van der Waals surface area contributed by atoms with Gasteiger partial charge in [0.05, 0.1) is 30.1 Å². The summed E-state index contributed by atoms with van der Waals surface area (Å²) in [6, 6.07) is 9.14. The van der Waals surface area contributed by atoms with Gasteiger partial charge >= 0.3 is 0 Å². The lowest BCUT2D eigenvalue weighted by Crippen LogP contribution is -2.26. The molecule has 2 N–H and O–H groups in total. The molecule has 1 aliphatic rings. The second kappa shape index (κ2) is 7.73. The third kappa shape index (κ3) is 3.44. The zero-order chi connectivity index (χ0) is 21.3. The highest BCUT2D eigenvalue weighted by Crippen LogP contribution is 2.29. The molecule has 0 saturated heterocycles. The molecular weight excluding hydrogens is 372 g/mol. The van der Waals surface area contributed by atoms with Crippen LogP contribution < -0.4 is 10.6 Å². The van der Waals surface area contributed by atoms with Crippen LogP contribution in [-0.2, 0) is 11.3 Å². The van der Waals surface area contributed by atoms with Crippen LogP contribution in [0.5, 0.6) is 5.88 Å². The van der Waals surface area contributed by atoms with Crippen molar-refractivity contribution in [1.82, 2.24) is 4.57 Å². The number of hydrazone groups is 1. The summed E-state index contributed by atoms with van der Waals surface area (Å²) in [5.74, 6) is -0.800. The highest BCUT2D eigenvalue weighted by molar-refractivity contribution is 6.32. The SMILES string of the molecule is CC1=NN(c2ccc(C)cc2)C(=O)/C1=C/c1c(C)c(C#N)c(=O)n(CCO)c1O. The van der Waals surface area contributed by atoms with E-state index in [2.05, 4.69) is 5.10 Å². The van der Waals surface area contributed by atoms with Crippen LogP contribution in [0.1, 0.15) is 29.2 Å². The fourth-order valence-corrected chi connectivity index (χ4v) is 3.14.